The molecule has 6 aliphatic rings. The van der Waals surface area contributed by atoms with Gasteiger partial charge >= 0.3 is 5.97 Å². The Balaban J connectivity index is 0.774. The van der Waals surface area contributed by atoms with Gasteiger partial charge in [-0.05, 0) is 132 Å². The van der Waals surface area contributed by atoms with Gasteiger partial charge in [0.15, 0.2) is 0 Å². The minimum atomic E-state index is -0.235. The highest BCUT2D eigenvalue weighted by molar-refractivity contribution is 5.72. The van der Waals surface area contributed by atoms with Crippen molar-refractivity contribution in [2.75, 3.05) is 46.6 Å². The van der Waals surface area contributed by atoms with Gasteiger partial charge in [0.25, 0.3) is 0 Å². The molecule has 6 rings (SSSR count). The molecule has 2 aliphatic heterocycles. The molecule has 0 bridgehead atoms. The van der Waals surface area contributed by atoms with E-state index in [1.165, 1.54) is 141 Å². The lowest BCUT2D eigenvalue weighted by Crippen LogP contribution is -2.39. The number of likely N-dealkylation sites (tertiary alicyclic amines) is 1. The molecule has 0 spiro atoms. The molecule has 8 unspecified atom stereocenters. The van der Waals surface area contributed by atoms with Crippen molar-refractivity contribution in [1.29, 1.82) is 0 Å². The molecule has 6 heteroatoms. The molecule has 11 atom stereocenters. The van der Waals surface area contributed by atoms with Gasteiger partial charge in [0, 0.05) is 13.2 Å². The number of unbranched alkanes of at least 4 members (excludes halogenated alkanes) is 14. The van der Waals surface area contributed by atoms with Crippen LogP contribution in [0.15, 0.2) is 0 Å². The van der Waals surface area contributed by atoms with Crippen molar-refractivity contribution in [2.24, 2.45) is 53.3 Å². The smallest absolute Gasteiger partial charge is 0.309 e. The van der Waals surface area contributed by atoms with Crippen molar-refractivity contribution >= 4 is 5.97 Å². The number of carbonyl (C=O) groups is 1. The van der Waals surface area contributed by atoms with Gasteiger partial charge < -0.3 is 23.8 Å². The molecule has 0 amide bonds. The van der Waals surface area contributed by atoms with Crippen LogP contribution in [0.5, 0.6) is 0 Å². The fraction of sp³-hybridized carbons (Fsp3) is 0.981. The molecule has 6 nitrogen and oxygen atoms in total. The second kappa shape index (κ2) is 26.1. The number of carbonyl (C=O) groups excluding carboxylic acids is 1. The molecule has 0 radical (unpaired) electrons. The molecule has 0 aromatic rings. The van der Waals surface area contributed by atoms with E-state index in [1.807, 2.05) is 0 Å². The second-order valence-corrected chi connectivity index (χ2v) is 21.1. The Morgan fingerprint density at radius 2 is 0.983 bits per heavy atom. The van der Waals surface area contributed by atoms with E-state index in [1.54, 1.807) is 25.7 Å². The van der Waals surface area contributed by atoms with E-state index >= 15 is 0 Å². The molecule has 58 heavy (non-hydrogen) atoms. The standard InChI is InChI=1S/C52H93NO5/c1-4-6-16-22-41-32-45(41)36-47-34-43(47)24-18-12-8-10-14-20-30-55-49-38-57-50(39-58-52(54)40-26-28-53(3)29-27-40)51(49)56-31-21-15-11-9-13-19-25-44-35-48(44)37-46-33-42(46)23-17-7-5-2/h40-51H,4-39H2,1-3H3/t41?,42?,43?,44?,45?,46?,47?,48?,49-,50+,51+/m0/s1. The highest BCUT2D eigenvalue weighted by Gasteiger charge is 2.46. The predicted octanol–water partition coefficient (Wildman–Crippen LogP) is 13.0. The van der Waals surface area contributed by atoms with Gasteiger partial charge in [0.05, 0.1) is 12.5 Å². The number of rotatable bonds is 35. The average molecular weight is 812 g/mol. The zero-order valence-electron chi connectivity index (χ0n) is 38.4. The molecule has 336 valence electrons. The summed E-state index contributed by atoms with van der Waals surface area (Å²) in [5.41, 5.74) is 0. The van der Waals surface area contributed by atoms with Crippen LogP contribution >= 0.6 is 0 Å². The van der Waals surface area contributed by atoms with Crippen LogP contribution in [0.3, 0.4) is 0 Å². The molecule has 0 aromatic carbocycles. The topological polar surface area (TPSA) is 57.2 Å². The molecule has 4 aliphatic carbocycles. The summed E-state index contributed by atoms with van der Waals surface area (Å²) >= 11 is 0. The lowest BCUT2D eigenvalue weighted by atomic mass is 9.97. The number of esters is 1. The van der Waals surface area contributed by atoms with Gasteiger partial charge in [-0.2, -0.15) is 0 Å². The summed E-state index contributed by atoms with van der Waals surface area (Å²) in [4.78, 5) is 15.2. The van der Waals surface area contributed by atoms with Crippen LogP contribution in [0.4, 0.5) is 0 Å². The van der Waals surface area contributed by atoms with E-state index in [-0.39, 0.29) is 36.8 Å². The first-order valence-electron chi connectivity index (χ1n) is 26.2. The maximum absolute atomic E-state index is 12.9. The number of hydrogen-bond acceptors (Lipinski definition) is 6. The van der Waals surface area contributed by atoms with E-state index in [4.69, 9.17) is 18.9 Å². The third-order valence-electron chi connectivity index (χ3n) is 16.1. The van der Waals surface area contributed by atoms with Gasteiger partial charge in [0.1, 0.15) is 24.9 Å². The first-order valence-corrected chi connectivity index (χ1v) is 26.2. The van der Waals surface area contributed by atoms with E-state index < -0.39 is 0 Å². The average Bonchev–Trinajstić information content (AvgIpc) is 4.12. The Bertz CT molecular complexity index is 1110. The fourth-order valence-corrected chi connectivity index (χ4v) is 11.5. The first kappa shape index (κ1) is 46.8. The maximum atomic E-state index is 12.9. The summed E-state index contributed by atoms with van der Waals surface area (Å²) < 4.78 is 25.0. The first-order chi connectivity index (χ1) is 28.5. The van der Waals surface area contributed by atoms with Crippen LogP contribution in [0.1, 0.15) is 206 Å². The Morgan fingerprint density at radius 1 is 0.552 bits per heavy atom. The van der Waals surface area contributed by atoms with Gasteiger partial charge in [-0.15, -0.1) is 0 Å². The van der Waals surface area contributed by atoms with E-state index in [0.29, 0.717) is 6.61 Å². The van der Waals surface area contributed by atoms with Crippen molar-refractivity contribution in [3.05, 3.63) is 0 Å². The normalized spacial score (nSPS) is 33.1. The van der Waals surface area contributed by atoms with Crippen LogP contribution in [0.2, 0.25) is 0 Å². The highest BCUT2D eigenvalue weighted by atomic mass is 16.6. The monoisotopic (exact) mass is 812 g/mol. The minimum Gasteiger partial charge on any atom is -0.463 e. The maximum Gasteiger partial charge on any atom is 0.309 e. The zero-order valence-corrected chi connectivity index (χ0v) is 38.4. The van der Waals surface area contributed by atoms with Crippen LogP contribution in [-0.4, -0.2) is 75.7 Å². The molecule has 2 saturated heterocycles. The third kappa shape index (κ3) is 17.2. The van der Waals surface area contributed by atoms with Crippen LogP contribution < -0.4 is 0 Å². The number of piperidine rings is 1. The number of nitrogens with zero attached hydrogens (tertiary/aromatic N) is 1. The summed E-state index contributed by atoms with van der Waals surface area (Å²) in [6.07, 6.45) is 40.8. The molecule has 0 aromatic heterocycles. The van der Waals surface area contributed by atoms with Crippen LogP contribution in [-0.2, 0) is 23.7 Å². The van der Waals surface area contributed by atoms with E-state index in [0.717, 1.165) is 99.3 Å². The Hall–Kier alpha value is -0.690. The van der Waals surface area contributed by atoms with Gasteiger partial charge in [-0.25, -0.2) is 0 Å². The highest BCUT2D eigenvalue weighted by Crippen LogP contribution is 2.55. The molecular weight excluding hydrogens is 719 g/mol. The summed E-state index contributed by atoms with van der Waals surface area (Å²) in [5.74, 6) is 8.63. The Morgan fingerprint density at radius 3 is 1.47 bits per heavy atom. The molecule has 4 saturated carbocycles. The lowest BCUT2D eigenvalue weighted by Gasteiger charge is -2.28. The van der Waals surface area contributed by atoms with Crippen molar-refractivity contribution in [3.63, 3.8) is 0 Å². The Labute approximate surface area is 358 Å². The van der Waals surface area contributed by atoms with Crippen molar-refractivity contribution < 1.29 is 23.7 Å². The SMILES string of the molecule is CCCCCC1CC1CC1CC1CCCCCCCCO[C@@H]1[C@@H](OCCCCCCCCC2CC2CC2CC2CCCCC)CO[C@@H]1COC(=O)C1CCN(C)CC1. The molecular formula is C52H93NO5. The zero-order chi connectivity index (χ0) is 40.4. The predicted molar refractivity (Wildman–Crippen MR) is 239 cm³/mol. The second-order valence-electron chi connectivity index (χ2n) is 21.1. The number of ether oxygens (including phenoxy) is 4. The van der Waals surface area contributed by atoms with Crippen LogP contribution in [0, 0.1) is 53.3 Å². The van der Waals surface area contributed by atoms with E-state index in [9.17, 15) is 4.79 Å². The third-order valence-corrected chi connectivity index (χ3v) is 16.1. The molecule has 2 heterocycles. The lowest BCUT2D eigenvalue weighted by molar-refractivity contribution is -0.156. The Kier molecular flexibility index (Phi) is 21.0. The summed E-state index contributed by atoms with van der Waals surface area (Å²) in [6, 6.07) is 0. The van der Waals surface area contributed by atoms with Gasteiger partial charge in [-0.3, -0.25) is 4.79 Å². The van der Waals surface area contributed by atoms with Crippen molar-refractivity contribution in [1.82, 2.24) is 4.90 Å². The summed E-state index contributed by atoms with van der Waals surface area (Å²) in [5, 5.41) is 0. The molecule has 0 N–H and O–H groups in total. The van der Waals surface area contributed by atoms with Gasteiger partial charge in [-0.1, -0.05) is 142 Å². The summed E-state index contributed by atoms with van der Waals surface area (Å²) in [7, 11) is 2.13. The van der Waals surface area contributed by atoms with Gasteiger partial charge in [0.2, 0.25) is 0 Å². The minimum absolute atomic E-state index is 0.0105. The van der Waals surface area contributed by atoms with Crippen LogP contribution in [0.25, 0.3) is 0 Å². The van der Waals surface area contributed by atoms with E-state index in [2.05, 4.69) is 25.8 Å². The van der Waals surface area contributed by atoms with Crippen molar-refractivity contribution in [3.8, 4) is 0 Å². The molecule has 6 fully saturated rings. The fourth-order valence-electron chi connectivity index (χ4n) is 11.5. The quantitative estimate of drug-likeness (QED) is 0.0469. The number of hydrogen-bond donors (Lipinski definition) is 0. The van der Waals surface area contributed by atoms with Crippen molar-refractivity contribution in [2.45, 2.75) is 225 Å². The largest absolute Gasteiger partial charge is 0.463 e. The summed E-state index contributed by atoms with van der Waals surface area (Å²) in [6.45, 7) is 8.88.